The lowest BCUT2D eigenvalue weighted by atomic mass is 9.98. The Morgan fingerprint density at radius 1 is 0.838 bits per heavy atom. The highest BCUT2D eigenvalue weighted by atomic mass is 35.5. The number of aliphatic hydroxyl groups excluding tert-OH is 1. The molecule has 0 spiro atoms. The number of aliphatic hydroxyl groups is 1. The number of aromatic carboxylic acids is 2. The molecule has 0 amide bonds. The molecule has 6 nitrogen and oxygen atoms in total. The molecule has 196 valence electrons. The maximum Gasteiger partial charge on any atom is 0.336 e. The van der Waals surface area contributed by atoms with Crippen LogP contribution in [0.2, 0.25) is 5.02 Å². The maximum absolute atomic E-state index is 11.5. The van der Waals surface area contributed by atoms with Crippen molar-refractivity contribution in [2.45, 2.75) is 43.4 Å². The van der Waals surface area contributed by atoms with Gasteiger partial charge in [-0.05, 0) is 49.7 Å². The minimum absolute atomic E-state index is 0.249. The van der Waals surface area contributed by atoms with Crippen molar-refractivity contribution in [2.24, 2.45) is 0 Å². The Balaban J connectivity index is 0.000000412. The van der Waals surface area contributed by atoms with E-state index in [-0.39, 0.29) is 11.1 Å². The van der Waals surface area contributed by atoms with Gasteiger partial charge >= 0.3 is 11.9 Å². The Bertz CT molecular complexity index is 1210. The van der Waals surface area contributed by atoms with Crippen molar-refractivity contribution in [1.82, 2.24) is 0 Å². The second-order valence-corrected chi connectivity index (χ2v) is 11.6. The molecule has 1 aliphatic carbocycles. The van der Waals surface area contributed by atoms with Crippen LogP contribution < -0.4 is 4.90 Å². The Kier molecular flexibility index (Phi) is 11.3. The van der Waals surface area contributed by atoms with Gasteiger partial charge in [0.2, 0.25) is 0 Å². The Hall–Kier alpha value is -2.57. The lowest BCUT2D eigenvalue weighted by molar-refractivity contribution is 0.0651. The first-order chi connectivity index (χ1) is 18.0. The number of para-hydroxylation sites is 1. The van der Waals surface area contributed by atoms with Crippen LogP contribution in [0, 0.1) is 0 Å². The number of carboxylic acid groups (broad SMARTS) is 2. The van der Waals surface area contributed by atoms with Gasteiger partial charge in [0.25, 0.3) is 0 Å². The van der Waals surface area contributed by atoms with Crippen molar-refractivity contribution in [3.63, 3.8) is 0 Å². The number of nitrogens with zero attached hydrogens (tertiary/aromatic N) is 1. The SMILES string of the molecule is C1CCCCC1.CO.O=C(O)c1ccc(-c2cc3c(cc2Cl)N(c2ccccc2)CPS3)cc1C(=O)O. The minimum Gasteiger partial charge on any atom is -0.478 e. The second-order valence-electron chi connectivity index (χ2n) is 8.46. The molecule has 1 saturated carbocycles. The number of benzene rings is 3. The van der Waals surface area contributed by atoms with Crippen molar-refractivity contribution in [3.05, 3.63) is 76.8 Å². The monoisotopic (exact) mass is 559 g/mol. The van der Waals surface area contributed by atoms with Gasteiger partial charge in [-0.3, -0.25) is 0 Å². The summed E-state index contributed by atoms with van der Waals surface area (Å²) >= 11 is 8.33. The van der Waals surface area contributed by atoms with Gasteiger partial charge in [-0.1, -0.05) is 85.8 Å². The molecule has 5 rings (SSSR count). The molecule has 1 aliphatic heterocycles. The lowest BCUT2D eigenvalue weighted by Gasteiger charge is -2.31. The topological polar surface area (TPSA) is 98.1 Å². The average molecular weight is 560 g/mol. The molecule has 1 atom stereocenters. The fraction of sp³-hybridized carbons (Fsp3) is 0.286. The molecule has 3 aromatic carbocycles. The normalized spacial score (nSPS) is 14.9. The first kappa shape index (κ1) is 29.0. The van der Waals surface area contributed by atoms with Gasteiger partial charge in [0, 0.05) is 29.5 Å². The van der Waals surface area contributed by atoms with E-state index in [1.165, 1.54) is 50.7 Å². The summed E-state index contributed by atoms with van der Waals surface area (Å²) in [6.45, 7) is 0. The van der Waals surface area contributed by atoms with Crippen molar-refractivity contribution in [2.75, 3.05) is 18.3 Å². The van der Waals surface area contributed by atoms with Gasteiger partial charge in [-0.25, -0.2) is 9.59 Å². The standard InChI is InChI=1S/C21H15ClNO4PS.C6H12.CH4O/c22-17-10-18-19(29-28-11-23(18)13-4-2-1-3-5-13)9-15(17)12-6-7-14(20(24)25)16(8-12)21(26)27;1-2-4-6-5-3-1;1-2/h1-10,28H,11H2,(H,24,25)(H,26,27);1-6H2;2H,1H3. The molecule has 1 fully saturated rings. The molecule has 0 bridgehead atoms. The molecule has 37 heavy (non-hydrogen) atoms. The highest BCUT2D eigenvalue weighted by Gasteiger charge is 2.23. The van der Waals surface area contributed by atoms with Gasteiger partial charge in [0.15, 0.2) is 0 Å². The first-order valence-electron chi connectivity index (χ1n) is 12.1. The van der Waals surface area contributed by atoms with Gasteiger partial charge < -0.3 is 20.2 Å². The molecule has 1 unspecified atom stereocenters. The van der Waals surface area contributed by atoms with Crippen LogP contribution in [0.25, 0.3) is 11.1 Å². The van der Waals surface area contributed by atoms with Crippen molar-refractivity contribution < 1.29 is 24.9 Å². The second kappa shape index (κ2) is 14.4. The van der Waals surface area contributed by atoms with E-state index < -0.39 is 11.9 Å². The van der Waals surface area contributed by atoms with Gasteiger partial charge in [-0.15, -0.1) is 0 Å². The Morgan fingerprint density at radius 2 is 1.43 bits per heavy atom. The zero-order chi connectivity index (χ0) is 26.8. The van der Waals surface area contributed by atoms with Crippen LogP contribution in [0.5, 0.6) is 0 Å². The van der Waals surface area contributed by atoms with E-state index in [1.54, 1.807) is 17.4 Å². The van der Waals surface area contributed by atoms with Crippen LogP contribution in [-0.2, 0) is 0 Å². The summed E-state index contributed by atoms with van der Waals surface area (Å²) in [4.78, 5) is 26.1. The molecule has 3 aromatic rings. The molecular formula is C28H31ClNO5PS. The smallest absolute Gasteiger partial charge is 0.336 e. The summed E-state index contributed by atoms with van der Waals surface area (Å²) < 4.78 is 0. The summed E-state index contributed by atoms with van der Waals surface area (Å²) in [6, 6.07) is 18.2. The van der Waals surface area contributed by atoms with Crippen LogP contribution in [0.1, 0.15) is 59.2 Å². The summed E-state index contributed by atoms with van der Waals surface area (Å²) in [5.41, 5.74) is 2.84. The summed E-state index contributed by atoms with van der Waals surface area (Å²) in [6.07, 6.45) is 9.88. The number of carboxylic acids is 2. The minimum atomic E-state index is -1.29. The van der Waals surface area contributed by atoms with E-state index >= 15 is 0 Å². The van der Waals surface area contributed by atoms with Gasteiger partial charge in [0.1, 0.15) is 0 Å². The summed E-state index contributed by atoms with van der Waals surface area (Å²) in [5, 5.41) is 26.1. The highest BCUT2D eigenvalue weighted by molar-refractivity contribution is 8.49. The Morgan fingerprint density at radius 3 is 2.00 bits per heavy atom. The van der Waals surface area contributed by atoms with Gasteiger partial charge in [0.05, 0.1) is 21.8 Å². The number of hydrogen-bond donors (Lipinski definition) is 3. The third-order valence-electron chi connectivity index (χ3n) is 6.10. The van der Waals surface area contributed by atoms with E-state index in [2.05, 4.69) is 17.0 Å². The molecule has 9 heteroatoms. The molecular weight excluding hydrogens is 529 g/mol. The van der Waals surface area contributed by atoms with Crippen molar-refractivity contribution in [3.8, 4) is 11.1 Å². The summed E-state index contributed by atoms with van der Waals surface area (Å²) in [5.74, 6) is -2.56. The van der Waals surface area contributed by atoms with Crippen LogP contribution in [0.4, 0.5) is 11.4 Å². The number of fused-ring (bicyclic) bond motifs is 1. The summed E-state index contributed by atoms with van der Waals surface area (Å²) in [7, 11) is 1.64. The van der Waals surface area contributed by atoms with E-state index in [0.717, 1.165) is 29.7 Å². The number of hydrogen-bond acceptors (Lipinski definition) is 5. The van der Waals surface area contributed by atoms with Crippen molar-refractivity contribution in [1.29, 1.82) is 0 Å². The highest BCUT2D eigenvalue weighted by Crippen LogP contribution is 2.52. The third kappa shape index (κ3) is 7.48. The van der Waals surface area contributed by atoms with Crippen LogP contribution >= 0.6 is 30.8 Å². The number of halogens is 1. The number of anilines is 2. The predicted octanol–water partition coefficient (Wildman–Crippen LogP) is 8.15. The van der Waals surface area contributed by atoms with Gasteiger partial charge in [-0.2, -0.15) is 0 Å². The zero-order valence-electron chi connectivity index (χ0n) is 20.6. The Labute approximate surface area is 228 Å². The number of rotatable bonds is 4. The van der Waals surface area contributed by atoms with Crippen LogP contribution in [-0.4, -0.2) is 40.7 Å². The van der Waals surface area contributed by atoms with E-state index in [1.807, 2.05) is 30.3 Å². The molecule has 3 N–H and O–H groups in total. The molecule has 1 heterocycles. The molecule has 0 saturated heterocycles. The fourth-order valence-corrected chi connectivity index (χ4v) is 7.25. The van der Waals surface area contributed by atoms with E-state index in [0.29, 0.717) is 23.9 Å². The molecule has 0 radical (unpaired) electrons. The lowest BCUT2D eigenvalue weighted by Crippen LogP contribution is -2.18. The third-order valence-corrected chi connectivity index (χ3v) is 9.03. The fourth-order valence-electron chi connectivity index (χ4n) is 4.29. The maximum atomic E-state index is 11.5. The number of carbonyl (C=O) groups is 2. The van der Waals surface area contributed by atoms with Crippen LogP contribution in [0.3, 0.4) is 0 Å². The molecule has 2 aliphatic rings. The zero-order valence-corrected chi connectivity index (χ0v) is 23.2. The van der Waals surface area contributed by atoms with Crippen molar-refractivity contribution >= 4 is 54.1 Å². The first-order valence-corrected chi connectivity index (χ1v) is 15.2. The predicted molar refractivity (Wildman–Crippen MR) is 154 cm³/mol. The van der Waals surface area contributed by atoms with E-state index in [4.69, 9.17) is 16.7 Å². The molecule has 0 aromatic heterocycles. The van der Waals surface area contributed by atoms with Crippen LogP contribution in [0.15, 0.2) is 65.6 Å². The largest absolute Gasteiger partial charge is 0.478 e. The average Bonchev–Trinajstić information content (AvgIpc) is 2.95. The van der Waals surface area contributed by atoms with E-state index in [9.17, 15) is 19.8 Å². The quantitative estimate of drug-likeness (QED) is 0.277.